The first-order valence-electron chi connectivity index (χ1n) is 14.1. The number of aryl methyl sites for hydroxylation is 3. The number of carbonyl (C=O) groups is 2. The molecule has 4 rings (SSSR count). The molecule has 1 atom stereocenters. The number of rotatable bonds is 8. The zero-order valence-electron chi connectivity index (χ0n) is 24.5. The second-order valence-electron chi connectivity index (χ2n) is 12.2. The molecule has 2 aliphatic rings. The van der Waals surface area contributed by atoms with Crippen LogP contribution in [0.5, 0.6) is 0 Å². The molecule has 2 aromatic carbocycles. The number of amides is 2. The summed E-state index contributed by atoms with van der Waals surface area (Å²) in [6.45, 7) is 16.8. The fraction of sp³-hybridized carbons (Fsp3) is 0.531. The highest BCUT2D eigenvalue weighted by Crippen LogP contribution is 2.33. The molecule has 7 nitrogen and oxygen atoms in total. The van der Waals surface area contributed by atoms with Crippen molar-refractivity contribution >= 4 is 17.5 Å². The fourth-order valence-electron chi connectivity index (χ4n) is 5.06. The van der Waals surface area contributed by atoms with Crippen molar-refractivity contribution in [2.45, 2.75) is 60.4 Å². The van der Waals surface area contributed by atoms with E-state index >= 15 is 0 Å². The monoisotopic (exact) mass is 532 g/mol. The van der Waals surface area contributed by atoms with Crippen LogP contribution in [0.3, 0.4) is 0 Å². The summed E-state index contributed by atoms with van der Waals surface area (Å²) in [6, 6.07) is 14.5. The van der Waals surface area contributed by atoms with Gasteiger partial charge in [0, 0.05) is 39.0 Å². The van der Waals surface area contributed by atoms with Crippen LogP contribution in [-0.4, -0.2) is 78.3 Å². The first-order chi connectivity index (χ1) is 18.5. The Morgan fingerprint density at radius 2 is 1.69 bits per heavy atom. The SMILES string of the molecule is Cc1ccc([C@@H]2CC(c3ccc(C)c(C)c3)=NN2C(=O)CN(CCN2CCOCC2)C(=O)CC(C)(C)C)cc1. The van der Waals surface area contributed by atoms with Crippen LogP contribution in [0.4, 0.5) is 0 Å². The number of benzene rings is 2. The molecule has 0 radical (unpaired) electrons. The van der Waals surface area contributed by atoms with Gasteiger partial charge in [-0.1, -0.05) is 62.7 Å². The molecular formula is C32H44N4O3. The van der Waals surface area contributed by atoms with E-state index in [4.69, 9.17) is 9.84 Å². The lowest BCUT2D eigenvalue weighted by molar-refractivity contribution is -0.142. The van der Waals surface area contributed by atoms with Crippen LogP contribution < -0.4 is 0 Å². The molecule has 0 spiro atoms. The summed E-state index contributed by atoms with van der Waals surface area (Å²) in [4.78, 5) is 31.4. The Balaban J connectivity index is 1.58. The third-order valence-corrected chi connectivity index (χ3v) is 7.62. The molecule has 0 saturated carbocycles. The minimum atomic E-state index is -0.200. The molecule has 1 fully saturated rings. The van der Waals surface area contributed by atoms with Crippen molar-refractivity contribution in [3.05, 3.63) is 70.3 Å². The molecule has 0 aliphatic carbocycles. The zero-order valence-corrected chi connectivity index (χ0v) is 24.5. The predicted molar refractivity (Wildman–Crippen MR) is 156 cm³/mol. The summed E-state index contributed by atoms with van der Waals surface area (Å²) >= 11 is 0. The van der Waals surface area contributed by atoms with E-state index in [0.717, 1.165) is 36.5 Å². The van der Waals surface area contributed by atoms with Crippen molar-refractivity contribution < 1.29 is 14.3 Å². The Morgan fingerprint density at radius 1 is 1.00 bits per heavy atom. The minimum Gasteiger partial charge on any atom is -0.379 e. The number of carbonyl (C=O) groups excluding carboxylic acids is 2. The third kappa shape index (κ3) is 7.76. The number of hydrogen-bond donors (Lipinski definition) is 0. The van der Waals surface area contributed by atoms with Crippen molar-refractivity contribution in [1.29, 1.82) is 0 Å². The molecule has 7 heteroatoms. The van der Waals surface area contributed by atoms with Gasteiger partial charge in [0.05, 0.1) is 25.0 Å². The van der Waals surface area contributed by atoms with Crippen LogP contribution in [0, 0.1) is 26.2 Å². The van der Waals surface area contributed by atoms with Crippen LogP contribution in [0.15, 0.2) is 47.6 Å². The minimum absolute atomic E-state index is 0.00792. The molecule has 2 heterocycles. The van der Waals surface area contributed by atoms with Gasteiger partial charge in [0.1, 0.15) is 6.54 Å². The quantitative estimate of drug-likeness (QED) is 0.486. The lowest BCUT2D eigenvalue weighted by atomic mass is 9.91. The number of nitrogens with zero attached hydrogens (tertiary/aromatic N) is 4. The molecular weight excluding hydrogens is 488 g/mol. The van der Waals surface area contributed by atoms with E-state index in [9.17, 15) is 9.59 Å². The highest BCUT2D eigenvalue weighted by molar-refractivity contribution is 6.03. The summed E-state index contributed by atoms with van der Waals surface area (Å²) in [5.74, 6) is -0.141. The molecule has 2 amide bonds. The summed E-state index contributed by atoms with van der Waals surface area (Å²) < 4.78 is 5.48. The van der Waals surface area contributed by atoms with Gasteiger partial charge in [-0.3, -0.25) is 14.5 Å². The maximum absolute atomic E-state index is 13.9. The van der Waals surface area contributed by atoms with Crippen LogP contribution in [0.25, 0.3) is 0 Å². The van der Waals surface area contributed by atoms with Gasteiger partial charge in [0.2, 0.25) is 5.91 Å². The van der Waals surface area contributed by atoms with Crippen molar-refractivity contribution in [1.82, 2.24) is 14.8 Å². The third-order valence-electron chi connectivity index (χ3n) is 7.62. The van der Waals surface area contributed by atoms with Gasteiger partial charge in [-0.25, -0.2) is 5.01 Å². The maximum atomic E-state index is 13.9. The normalized spacial score (nSPS) is 18.3. The first-order valence-corrected chi connectivity index (χ1v) is 14.1. The summed E-state index contributed by atoms with van der Waals surface area (Å²) in [7, 11) is 0. The Labute approximate surface area is 233 Å². The molecule has 0 aromatic heterocycles. The van der Waals surface area contributed by atoms with Gasteiger partial charge in [-0.15, -0.1) is 0 Å². The standard InChI is InChI=1S/C32H44N4O3/c1-23-7-10-26(11-8-23)29-20-28(27-12-9-24(2)25(3)19-27)33-36(29)31(38)22-35(30(37)21-32(4,5)6)14-13-34-15-17-39-18-16-34/h7-12,19,29H,13-18,20-22H2,1-6H3/t29-/m0/s1. The summed E-state index contributed by atoms with van der Waals surface area (Å²) in [5.41, 5.74) is 6.44. The Bertz CT molecular complexity index is 1190. The molecule has 39 heavy (non-hydrogen) atoms. The first kappa shape index (κ1) is 29.0. The molecule has 2 aliphatic heterocycles. The summed E-state index contributed by atoms with van der Waals surface area (Å²) in [5, 5.41) is 6.51. The van der Waals surface area contributed by atoms with Crippen LogP contribution in [0.2, 0.25) is 0 Å². The molecule has 1 saturated heterocycles. The van der Waals surface area contributed by atoms with Gasteiger partial charge in [0.15, 0.2) is 0 Å². The molecule has 0 N–H and O–H groups in total. The van der Waals surface area contributed by atoms with Crippen LogP contribution in [0.1, 0.15) is 67.5 Å². The molecule has 0 bridgehead atoms. The van der Waals surface area contributed by atoms with E-state index in [1.807, 2.05) is 0 Å². The fourth-order valence-corrected chi connectivity index (χ4v) is 5.06. The average molecular weight is 533 g/mol. The number of ether oxygens (including phenoxy) is 1. The molecule has 210 valence electrons. The zero-order chi connectivity index (χ0) is 28.2. The van der Waals surface area contributed by atoms with Gasteiger partial charge >= 0.3 is 0 Å². The largest absolute Gasteiger partial charge is 0.379 e. The topological polar surface area (TPSA) is 65.5 Å². The van der Waals surface area contributed by atoms with Gasteiger partial charge in [-0.05, 0) is 54.5 Å². The number of morpholine rings is 1. The second-order valence-corrected chi connectivity index (χ2v) is 12.2. The van der Waals surface area contributed by atoms with Crippen molar-refractivity contribution in [2.24, 2.45) is 10.5 Å². The lowest BCUT2D eigenvalue weighted by Crippen LogP contribution is -2.47. The van der Waals surface area contributed by atoms with E-state index in [0.29, 0.717) is 32.6 Å². The Morgan fingerprint density at radius 3 is 2.33 bits per heavy atom. The van der Waals surface area contributed by atoms with Crippen molar-refractivity contribution in [2.75, 3.05) is 45.9 Å². The van der Waals surface area contributed by atoms with Crippen molar-refractivity contribution in [3.63, 3.8) is 0 Å². The number of hydrogen-bond acceptors (Lipinski definition) is 5. The van der Waals surface area contributed by atoms with Crippen LogP contribution in [-0.2, 0) is 14.3 Å². The molecule has 2 aromatic rings. The summed E-state index contributed by atoms with van der Waals surface area (Å²) in [6.07, 6.45) is 1.03. The number of hydrazone groups is 1. The highest BCUT2D eigenvalue weighted by atomic mass is 16.5. The smallest absolute Gasteiger partial charge is 0.262 e. The lowest BCUT2D eigenvalue weighted by Gasteiger charge is -2.32. The van der Waals surface area contributed by atoms with E-state index in [1.165, 1.54) is 16.7 Å². The van der Waals surface area contributed by atoms with E-state index < -0.39 is 0 Å². The Hall–Kier alpha value is -3.03. The predicted octanol–water partition coefficient (Wildman–Crippen LogP) is 4.89. The van der Waals surface area contributed by atoms with Gasteiger partial charge in [-0.2, -0.15) is 5.10 Å². The van der Waals surface area contributed by atoms with Gasteiger partial charge in [0.25, 0.3) is 5.91 Å². The van der Waals surface area contributed by atoms with Crippen LogP contribution >= 0.6 is 0 Å². The van der Waals surface area contributed by atoms with E-state index in [1.54, 1.807) is 9.91 Å². The highest BCUT2D eigenvalue weighted by Gasteiger charge is 2.35. The van der Waals surface area contributed by atoms with Gasteiger partial charge < -0.3 is 9.64 Å². The van der Waals surface area contributed by atoms with E-state index in [2.05, 4.69) is 88.9 Å². The molecule has 0 unspecified atom stereocenters. The van der Waals surface area contributed by atoms with E-state index in [-0.39, 0.29) is 29.8 Å². The maximum Gasteiger partial charge on any atom is 0.262 e. The Kier molecular flexibility index (Phi) is 9.23. The second kappa shape index (κ2) is 12.4. The van der Waals surface area contributed by atoms with Crippen molar-refractivity contribution in [3.8, 4) is 0 Å². The average Bonchev–Trinajstić information content (AvgIpc) is 3.34.